The van der Waals surface area contributed by atoms with E-state index in [0.717, 1.165) is 20.4 Å². The van der Waals surface area contributed by atoms with Gasteiger partial charge >= 0.3 is 0 Å². The number of benzene rings is 1. The maximum absolute atomic E-state index is 5.89. The first-order valence-electron chi connectivity index (χ1n) is 4.98. The van der Waals surface area contributed by atoms with Crippen molar-refractivity contribution in [3.05, 3.63) is 27.7 Å². The van der Waals surface area contributed by atoms with Gasteiger partial charge in [0.15, 0.2) is 0 Å². The fraction of sp³-hybridized carbons (Fsp3) is 0.455. The number of anilines is 1. The smallest absolute Gasteiger partial charge is 0.0488 e. The van der Waals surface area contributed by atoms with Gasteiger partial charge in [-0.25, -0.2) is 0 Å². The van der Waals surface area contributed by atoms with Gasteiger partial charge in [-0.05, 0) is 40.5 Å². The van der Waals surface area contributed by atoms with Gasteiger partial charge in [-0.3, -0.25) is 0 Å². The molecule has 1 aromatic rings. The lowest BCUT2D eigenvalue weighted by atomic mass is 10.2. The molecule has 0 bridgehead atoms. The number of halogens is 2. The second-order valence-corrected chi connectivity index (χ2v) is 6.61. The van der Waals surface area contributed by atoms with Crippen molar-refractivity contribution in [1.82, 2.24) is 0 Å². The highest BCUT2D eigenvalue weighted by Crippen LogP contribution is 2.31. The Balaban J connectivity index is 2.04. The molecule has 2 unspecified atom stereocenters. The molecule has 2 rings (SSSR count). The van der Waals surface area contributed by atoms with Gasteiger partial charge in [0.2, 0.25) is 0 Å². The maximum Gasteiger partial charge on any atom is 0.0488 e. The topological polar surface area (TPSA) is 12.0 Å². The molecule has 0 aromatic heterocycles. The highest BCUT2D eigenvalue weighted by molar-refractivity contribution is 9.10. The van der Waals surface area contributed by atoms with Crippen molar-refractivity contribution in [2.75, 3.05) is 11.1 Å². The van der Waals surface area contributed by atoms with E-state index in [2.05, 4.69) is 28.2 Å². The van der Waals surface area contributed by atoms with Crippen molar-refractivity contribution in [3.8, 4) is 0 Å². The molecule has 1 aromatic carbocycles. The van der Waals surface area contributed by atoms with Gasteiger partial charge in [0, 0.05) is 32.2 Å². The summed E-state index contributed by atoms with van der Waals surface area (Å²) >= 11 is 11.4. The summed E-state index contributed by atoms with van der Waals surface area (Å²) in [5.74, 6) is 1.19. The minimum Gasteiger partial charge on any atom is -0.381 e. The standard InChI is InChI=1S/C11H13BrClNS/c1-7-4-9(6-15-7)14-11-3-2-8(13)5-10(11)12/h2-3,5,7,9,14H,4,6H2,1H3. The van der Waals surface area contributed by atoms with Crippen LogP contribution in [0.15, 0.2) is 22.7 Å². The SMILES string of the molecule is CC1CC(Nc2ccc(Cl)cc2Br)CS1. The van der Waals surface area contributed by atoms with Gasteiger partial charge in [0.1, 0.15) is 0 Å². The zero-order valence-corrected chi connectivity index (χ0v) is 11.6. The molecule has 15 heavy (non-hydrogen) atoms. The summed E-state index contributed by atoms with van der Waals surface area (Å²) in [7, 11) is 0. The monoisotopic (exact) mass is 305 g/mol. The molecule has 1 nitrogen and oxygen atoms in total. The molecule has 0 amide bonds. The first kappa shape index (κ1) is 11.6. The van der Waals surface area contributed by atoms with Gasteiger partial charge in [-0.15, -0.1) is 0 Å². The van der Waals surface area contributed by atoms with Crippen molar-refractivity contribution >= 4 is 45.0 Å². The minimum atomic E-state index is 0.586. The average Bonchev–Trinajstić information content (AvgIpc) is 2.56. The Morgan fingerprint density at radius 2 is 2.33 bits per heavy atom. The van der Waals surface area contributed by atoms with E-state index < -0.39 is 0 Å². The van der Waals surface area contributed by atoms with Gasteiger partial charge in [0.25, 0.3) is 0 Å². The lowest BCUT2D eigenvalue weighted by molar-refractivity contribution is 0.746. The van der Waals surface area contributed by atoms with Crippen LogP contribution in [0.2, 0.25) is 5.02 Å². The normalized spacial score (nSPS) is 25.5. The lowest BCUT2D eigenvalue weighted by Crippen LogP contribution is -2.19. The predicted molar refractivity (Wildman–Crippen MR) is 73.1 cm³/mol. The molecule has 0 saturated carbocycles. The molecule has 0 aliphatic carbocycles. The summed E-state index contributed by atoms with van der Waals surface area (Å²) < 4.78 is 1.04. The number of hydrogen-bond acceptors (Lipinski definition) is 2. The average molecular weight is 307 g/mol. The largest absolute Gasteiger partial charge is 0.381 e. The van der Waals surface area contributed by atoms with Gasteiger partial charge in [0.05, 0.1) is 0 Å². The molecule has 1 aliphatic rings. The number of nitrogens with one attached hydrogen (secondary N) is 1. The minimum absolute atomic E-state index is 0.586. The first-order valence-corrected chi connectivity index (χ1v) is 7.20. The molecule has 0 spiro atoms. The van der Waals surface area contributed by atoms with Crippen LogP contribution in [0.5, 0.6) is 0 Å². The third kappa shape index (κ3) is 3.05. The molecule has 82 valence electrons. The Morgan fingerprint density at radius 3 is 2.93 bits per heavy atom. The van der Waals surface area contributed by atoms with Crippen molar-refractivity contribution in [1.29, 1.82) is 0 Å². The van der Waals surface area contributed by atoms with E-state index >= 15 is 0 Å². The molecule has 1 aliphatic heterocycles. The number of thioether (sulfide) groups is 1. The quantitative estimate of drug-likeness (QED) is 0.868. The highest BCUT2D eigenvalue weighted by Gasteiger charge is 2.21. The van der Waals surface area contributed by atoms with E-state index in [9.17, 15) is 0 Å². The third-order valence-electron chi connectivity index (χ3n) is 2.49. The molecular weight excluding hydrogens is 294 g/mol. The maximum atomic E-state index is 5.89. The van der Waals surface area contributed by atoms with Crippen LogP contribution in [0.4, 0.5) is 5.69 Å². The fourth-order valence-corrected chi connectivity index (χ4v) is 3.69. The predicted octanol–water partition coefficient (Wildman–Crippen LogP) is 4.41. The van der Waals surface area contributed by atoms with Crippen LogP contribution in [0.25, 0.3) is 0 Å². The third-order valence-corrected chi connectivity index (χ3v) is 4.74. The van der Waals surface area contributed by atoms with Crippen LogP contribution in [0, 0.1) is 0 Å². The Kier molecular flexibility index (Phi) is 3.86. The molecule has 1 heterocycles. The van der Waals surface area contributed by atoms with Crippen molar-refractivity contribution in [2.45, 2.75) is 24.6 Å². The molecular formula is C11H13BrClNS. The fourth-order valence-electron chi connectivity index (χ4n) is 1.74. The number of hydrogen-bond donors (Lipinski definition) is 1. The van der Waals surface area contributed by atoms with Crippen LogP contribution < -0.4 is 5.32 Å². The zero-order valence-electron chi connectivity index (χ0n) is 8.47. The van der Waals surface area contributed by atoms with Gasteiger partial charge in [-0.1, -0.05) is 18.5 Å². The second kappa shape index (κ2) is 4.98. The van der Waals surface area contributed by atoms with Crippen LogP contribution in [-0.4, -0.2) is 17.0 Å². The summed E-state index contributed by atoms with van der Waals surface area (Å²) in [6, 6.07) is 6.46. The molecule has 2 atom stereocenters. The number of rotatable bonds is 2. The first-order chi connectivity index (χ1) is 7.15. The molecule has 0 radical (unpaired) electrons. The Hall–Kier alpha value is 0.140. The summed E-state index contributed by atoms with van der Waals surface area (Å²) in [4.78, 5) is 0. The zero-order chi connectivity index (χ0) is 10.8. The molecule has 1 fully saturated rings. The summed E-state index contributed by atoms with van der Waals surface area (Å²) in [6.45, 7) is 2.28. The van der Waals surface area contributed by atoms with E-state index in [0.29, 0.717) is 6.04 Å². The molecule has 1 saturated heterocycles. The van der Waals surface area contributed by atoms with Gasteiger partial charge < -0.3 is 5.32 Å². The lowest BCUT2D eigenvalue weighted by Gasteiger charge is -2.14. The molecule has 4 heteroatoms. The summed E-state index contributed by atoms with van der Waals surface area (Å²) in [5.41, 5.74) is 1.14. The van der Waals surface area contributed by atoms with Crippen LogP contribution in [0.1, 0.15) is 13.3 Å². The molecule has 1 N–H and O–H groups in total. The Morgan fingerprint density at radius 1 is 1.53 bits per heavy atom. The second-order valence-electron chi connectivity index (χ2n) is 3.85. The summed E-state index contributed by atoms with van der Waals surface area (Å²) in [5, 5.41) is 5.08. The van der Waals surface area contributed by atoms with E-state index in [1.807, 2.05) is 30.0 Å². The summed E-state index contributed by atoms with van der Waals surface area (Å²) in [6.07, 6.45) is 1.24. The Bertz CT molecular complexity index is 358. The van der Waals surface area contributed by atoms with E-state index in [-0.39, 0.29) is 0 Å². The van der Waals surface area contributed by atoms with Crippen LogP contribution in [0.3, 0.4) is 0 Å². The van der Waals surface area contributed by atoms with E-state index in [1.165, 1.54) is 12.2 Å². The van der Waals surface area contributed by atoms with Crippen LogP contribution >= 0.6 is 39.3 Å². The van der Waals surface area contributed by atoms with Crippen LogP contribution in [-0.2, 0) is 0 Å². The van der Waals surface area contributed by atoms with Crippen molar-refractivity contribution in [3.63, 3.8) is 0 Å². The van der Waals surface area contributed by atoms with Crippen molar-refractivity contribution in [2.24, 2.45) is 0 Å². The van der Waals surface area contributed by atoms with E-state index in [1.54, 1.807) is 0 Å². The van der Waals surface area contributed by atoms with Gasteiger partial charge in [-0.2, -0.15) is 11.8 Å². The van der Waals surface area contributed by atoms with E-state index in [4.69, 9.17) is 11.6 Å². The van der Waals surface area contributed by atoms with Crippen molar-refractivity contribution < 1.29 is 0 Å². The Labute approximate surface area is 108 Å². The highest BCUT2D eigenvalue weighted by atomic mass is 79.9.